The fraction of sp³-hybridized carbons (Fsp3) is 0.769. The Bertz CT molecular complexity index is 348. The SMILES string of the molecule is CCOC(CC)(CC)c1nc2c(s1)CNCC2. The largest absolute Gasteiger partial charge is 0.368 e. The molecule has 1 aliphatic heterocycles. The lowest BCUT2D eigenvalue weighted by Gasteiger charge is -2.29. The maximum Gasteiger partial charge on any atom is 0.125 e. The van der Waals surface area contributed by atoms with E-state index in [1.807, 2.05) is 11.3 Å². The molecule has 0 atom stereocenters. The van der Waals surface area contributed by atoms with Crippen molar-refractivity contribution in [1.29, 1.82) is 0 Å². The molecule has 0 fully saturated rings. The summed E-state index contributed by atoms with van der Waals surface area (Å²) in [4.78, 5) is 6.24. The molecule has 2 rings (SSSR count). The minimum Gasteiger partial charge on any atom is -0.368 e. The number of nitrogens with one attached hydrogen (secondary N) is 1. The van der Waals surface area contributed by atoms with Gasteiger partial charge >= 0.3 is 0 Å². The zero-order valence-electron chi connectivity index (χ0n) is 11.0. The maximum absolute atomic E-state index is 6.02. The van der Waals surface area contributed by atoms with E-state index >= 15 is 0 Å². The van der Waals surface area contributed by atoms with E-state index in [9.17, 15) is 0 Å². The van der Waals surface area contributed by atoms with Crippen molar-refractivity contribution in [3.8, 4) is 0 Å². The summed E-state index contributed by atoms with van der Waals surface area (Å²) >= 11 is 1.83. The third-order valence-corrected chi connectivity index (χ3v) is 4.84. The van der Waals surface area contributed by atoms with Gasteiger partial charge in [-0.3, -0.25) is 0 Å². The van der Waals surface area contributed by atoms with Crippen molar-refractivity contribution in [2.24, 2.45) is 0 Å². The molecule has 17 heavy (non-hydrogen) atoms. The first-order chi connectivity index (χ1) is 8.25. The molecule has 96 valence electrons. The van der Waals surface area contributed by atoms with E-state index < -0.39 is 0 Å². The van der Waals surface area contributed by atoms with Gasteiger partial charge in [-0.25, -0.2) is 4.98 Å². The molecule has 0 spiro atoms. The Morgan fingerprint density at radius 3 is 2.71 bits per heavy atom. The van der Waals surface area contributed by atoms with Crippen molar-refractivity contribution in [1.82, 2.24) is 10.3 Å². The normalized spacial score (nSPS) is 15.9. The highest BCUT2D eigenvalue weighted by atomic mass is 32.1. The van der Waals surface area contributed by atoms with E-state index in [0.29, 0.717) is 0 Å². The summed E-state index contributed by atoms with van der Waals surface area (Å²) in [5.74, 6) is 0. The Labute approximate surface area is 108 Å². The monoisotopic (exact) mass is 254 g/mol. The quantitative estimate of drug-likeness (QED) is 0.877. The second kappa shape index (κ2) is 5.46. The van der Waals surface area contributed by atoms with Gasteiger partial charge in [0, 0.05) is 31.0 Å². The van der Waals surface area contributed by atoms with Crippen LogP contribution in [0.15, 0.2) is 0 Å². The first kappa shape index (κ1) is 13.0. The highest BCUT2D eigenvalue weighted by molar-refractivity contribution is 7.11. The summed E-state index contributed by atoms with van der Waals surface area (Å²) in [6.45, 7) is 9.23. The zero-order chi connectivity index (χ0) is 12.3. The van der Waals surface area contributed by atoms with Crippen molar-refractivity contribution in [3.05, 3.63) is 15.6 Å². The zero-order valence-corrected chi connectivity index (χ0v) is 11.8. The van der Waals surface area contributed by atoms with E-state index in [2.05, 4.69) is 26.1 Å². The molecule has 0 aromatic carbocycles. The number of hydrogen-bond acceptors (Lipinski definition) is 4. The lowest BCUT2D eigenvalue weighted by atomic mass is 9.98. The molecule has 0 amide bonds. The lowest BCUT2D eigenvalue weighted by molar-refractivity contribution is -0.0507. The molecule has 0 saturated heterocycles. The first-order valence-electron chi connectivity index (χ1n) is 6.59. The molecule has 3 nitrogen and oxygen atoms in total. The van der Waals surface area contributed by atoms with E-state index in [1.54, 1.807) is 0 Å². The summed E-state index contributed by atoms with van der Waals surface area (Å²) in [6, 6.07) is 0. The predicted octanol–water partition coefficient (Wildman–Crippen LogP) is 2.84. The fourth-order valence-electron chi connectivity index (χ4n) is 2.41. The van der Waals surface area contributed by atoms with Crippen LogP contribution in [0.4, 0.5) is 0 Å². The average molecular weight is 254 g/mol. The Kier molecular flexibility index (Phi) is 4.17. The van der Waals surface area contributed by atoms with Gasteiger partial charge in [0.05, 0.1) is 5.69 Å². The van der Waals surface area contributed by atoms with Gasteiger partial charge < -0.3 is 10.1 Å². The molecule has 0 saturated carbocycles. The lowest BCUT2D eigenvalue weighted by Crippen LogP contribution is -2.28. The van der Waals surface area contributed by atoms with Crippen molar-refractivity contribution in [3.63, 3.8) is 0 Å². The summed E-state index contributed by atoms with van der Waals surface area (Å²) < 4.78 is 6.02. The van der Waals surface area contributed by atoms with Crippen LogP contribution < -0.4 is 5.32 Å². The van der Waals surface area contributed by atoms with Crippen LogP contribution in [-0.2, 0) is 23.3 Å². The van der Waals surface area contributed by atoms with Crippen LogP contribution in [0.1, 0.15) is 49.2 Å². The van der Waals surface area contributed by atoms with Gasteiger partial charge in [0.1, 0.15) is 10.6 Å². The molecule has 1 aromatic rings. The average Bonchev–Trinajstić information content (AvgIpc) is 2.80. The van der Waals surface area contributed by atoms with Crippen LogP contribution in [0, 0.1) is 0 Å². The van der Waals surface area contributed by atoms with Crippen molar-refractivity contribution >= 4 is 11.3 Å². The molecule has 0 radical (unpaired) electrons. The van der Waals surface area contributed by atoms with Crippen molar-refractivity contribution in [2.75, 3.05) is 13.2 Å². The molecule has 2 heterocycles. The Morgan fingerprint density at radius 1 is 1.35 bits per heavy atom. The molecule has 1 N–H and O–H groups in total. The second-order valence-electron chi connectivity index (χ2n) is 4.45. The van der Waals surface area contributed by atoms with Crippen LogP contribution in [0.3, 0.4) is 0 Å². The van der Waals surface area contributed by atoms with Gasteiger partial charge in [-0.15, -0.1) is 11.3 Å². The molecular formula is C13H22N2OS. The maximum atomic E-state index is 6.02. The summed E-state index contributed by atoms with van der Waals surface area (Å²) in [6.07, 6.45) is 3.05. The van der Waals surface area contributed by atoms with Gasteiger partial charge in [0.2, 0.25) is 0 Å². The number of ether oxygens (including phenoxy) is 1. The fourth-order valence-corrected chi connectivity index (χ4v) is 3.78. The summed E-state index contributed by atoms with van der Waals surface area (Å²) in [7, 11) is 0. The Hall–Kier alpha value is -0.450. The van der Waals surface area contributed by atoms with Gasteiger partial charge in [0.15, 0.2) is 0 Å². The standard InChI is InChI=1S/C13H22N2OS/c1-4-13(5-2,16-6-3)12-15-10-7-8-14-9-11(10)17-12/h14H,4-9H2,1-3H3. The number of thiazole rings is 1. The second-order valence-corrected chi connectivity index (χ2v) is 5.53. The number of hydrogen-bond donors (Lipinski definition) is 1. The summed E-state index contributed by atoms with van der Waals surface area (Å²) in [5, 5.41) is 4.58. The van der Waals surface area contributed by atoms with E-state index in [0.717, 1.165) is 39.0 Å². The highest BCUT2D eigenvalue weighted by Gasteiger charge is 2.33. The third kappa shape index (κ3) is 2.39. The van der Waals surface area contributed by atoms with Gasteiger partial charge in [-0.2, -0.15) is 0 Å². The number of rotatable bonds is 5. The third-order valence-electron chi connectivity index (χ3n) is 3.56. The predicted molar refractivity (Wildman–Crippen MR) is 71.4 cm³/mol. The topological polar surface area (TPSA) is 34.1 Å². The Balaban J connectivity index is 2.32. The first-order valence-corrected chi connectivity index (χ1v) is 7.41. The summed E-state index contributed by atoms with van der Waals surface area (Å²) in [5.41, 5.74) is 1.13. The number of fused-ring (bicyclic) bond motifs is 1. The van der Waals surface area contributed by atoms with Crippen LogP contribution in [-0.4, -0.2) is 18.1 Å². The molecule has 4 heteroatoms. The minimum atomic E-state index is -0.156. The molecule has 1 aromatic heterocycles. The molecule has 1 aliphatic rings. The smallest absolute Gasteiger partial charge is 0.125 e. The molecule has 0 unspecified atom stereocenters. The minimum absolute atomic E-state index is 0.156. The van der Waals surface area contributed by atoms with E-state index in [1.165, 1.54) is 15.6 Å². The van der Waals surface area contributed by atoms with Gasteiger partial charge in [-0.1, -0.05) is 13.8 Å². The van der Waals surface area contributed by atoms with Crippen LogP contribution in [0.25, 0.3) is 0 Å². The molecular weight excluding hydrogens is 232 g/mol. The van der Waals surface area contributed by atoms with E-state index in [-0.39, 0.29) is 5.60 Å². The Morgan fingerprint density at radius 2 is 2.12 bits per heavy atom. The van der Waals surface area contributed by atoms with Crippen LogP contribution in [0.5, 0.6) is 0 Å². The molecule has 0 aliphatic carbocycles. The van der Waals surface area contributed by atoms with Crippen molar-refractivity contribution in [2.45, 2.75) is 52.2 Å². The van der Waals surface area contributed by atoms with Gasteiger partial charge in [0.25, 0.3) is 0 Å². The van der Waals surface area contributed by atoms with Crippen LogP contribution in [0.2, 0.25) is 0 Å². The van der Waals surface area contributed by atoms with Gasteiger partial charge in [-0.05, 0) is 19.8 Å². The van der Waals surface area contributed by atoms with Crippen molar-refractivity contribution < 1.29 is 4.74 Å². The highest BCUT2D eigenvalue weighted by Crippen LogP contribution is 2.37. The van der Waals surface area contributed by atoms with E-state index in [4.69, 9.17) is 9.72 Å². The number of nitrogens with zero attached hydrogens (tertiary/aromatic N) is 1. The van der Waals surface area contributed by atoms with Crippen LogP contribution >= 0.6 is 11.3 Å². The number of aromatic nitrogens is 1. The molecule has 0 bridgehead atoms.